The highest BCUT2D eigenvalue weighted by molar-refractivity contribution is 5.24. The molecule has 1 aromatic carbocycles. The molecule has 1 aromatic rings. The van der Waals surface area contributed by atoms with Gasteiger partial charge in [-0.3, -0.25) is 0 Å². The summed E-state index contributed by atoms with van der Waals surface area (Å²) in [5, 5.41) is 3.60. The molecule has 2 atom stereocenters. The van der Waals surface area contributed by atoms with Gasteiger partial charge in [0.05, 0.1) is 6.10 Å². The lowest BCUT2D eigenvalue weighted by Crippen LogP contribution is -2.38. The molecule has 3 heteroatoms. The maximum atomic E-state index is 5.85. The van der Waals surface area contributed by atoms with Crippen molar-refractivity contribution in [3.05, 3.63) is 35.4 Å². The third-order valence-electron chi connectivity index (χ3n) is 4.21. The predicted octanol–water partition coefficient (Wildman–Crippen LogP) is 3.15. The van der Waals surface area contributed by atoms with Gasteiger partial charge in [-0.15, -0.1) is 0 Å². The summed E-state index contributed by atoms with van der Waals surface area (Å²) in [4.78, 5) is 2.41. The van der Waals surface area contributed by atoms with Crippen LogP contribution in [0.3, 0.4) is 0 Å². The normalized spacial score (nSPS) is 20.7. The zero-order valence-corrected chi connectivity index (χ0v) is 13.8. The maximum absolute atomic E-state index is 5.85. The lowest BCUT2D eigenvalue weighted by molar-refractivity contribution is -0.00261. The molecule has 1 aliphatic heterocycles. The standard InChI is InChI=1S/C18H30N2O/c1-4-19-18(16-10-8-15(2)9-11-16)14-20(3)13-17-7-5-6-12-21-17/h8-11,17-19H,4-7,12-14H2,1-3H3. The number of nitrogens with one attached hydrogen (secondary N) is 1. The van der Waals surface area contributed by atoms with Crippen LogP contribution < -0.4 is 5.32 Å². The molecule has 0 amide bonds. The molecule has 0 saturated carbocycles. The molecular formula is C18H30N2O. The minimum Gasteiger partial charge on any atom is -0.377 e. The highest BCUT2D eigenvalue weighted by Gasteiger charge is 2.18. The van der Waals surface area contributed by atoms with Gasteiger partial charge in [0.2, 0.25) is 0 Å². The van der Waals surface area contributed by atoms with Crippen molar-refractivity contribution in [1.29, 1.82) is 0 Å². The van der Waals surface area contributed by atoms with Gasteiger partial charge in [-0.25, -0.2) is 0 Å². The largest absolute Gasteiger partial charge is 0.377 e. The first-order valence-electron chi connectivity index (χ1n) is 8.29. The Morgan fingerprint density at radius 3 is 2.67 bits per heavy atom. The van der Waals surface area contributed by atoms with E-state index in [-0.39, 0.29) is 0 Å². The van der Waals surface area contributed by atoms with Crippen molar-refractivity contribution in [2.24, 2.45) is 0 Å². The quantitative estimate of drug-likeness (QED) is 0.835. The van der Waals surface area contributed by atoms with Crippen molar-refractivity contribution in [1.82, 2.24) is 10.2 Å². The van der Waals surface area contributed by atoms with Gasteiger partial charge in [0, 0.05) is 25.7 Å². The molecule has 3 nitrogen and oxygen atoms in total. The summed E-state index contributed by atoms with van der Waals surface area (Å²) in [5.74, 6) is 0. The van der Waals surface area contributed by atoms with Crippen molar-refractivity contribution in [2.45, 2.75) is 45.3 Å². The zero-order chi connectivity index (χ0) is 15.1. The summed E-state index contributed by atoms with van der Waals surface area (Å²) < 4.78 is 5.85. The Morgan fingerprint density at radius 2 is 2.05 bits per heavy atom. The van der Waals surface area contributed by atoms with Crippen LogP contribution in [0.4, 0.5) is 0 Å². The van der Waals surface area contributed by atoms with Crippen molar-refractivity contribution in [2.75, 3.05) is 33.3 Å². The Hall–Kier alpha value is -0.900. The van der Waals surface area contributed by atoms with E-state index in [0.717, 1.165) is 26.2 Å². The van der Waals surface area contributed by atoms with E-state index in [2.05, 4.69) is 55.4 Å². The van der Waals surface area contributed by atoms with Gasteiger partial charge < -0.3 is 15.0 Å². The fraction of sp³-hybridized carbons (Fsp3) is 0.667. The van der Waals surface area contributed by atoms with Crippen molar-refractivity contribution < 1.29 is 4.74 Å². The van der Waals surface area contributed by atoms with Gasteiger partial charge >= 0.3 is 0 Å². The first kappa shape index (κ1) is 16.5. The van der Waals surface area contributed by atoms with Gasteiger partial charge in [0.15, 0.2) is 0 Å². The predicted molar refractivity (Wildman–Crippen MR) is 88.7 cm³/mol. The van der Waals surface area contributed by atoms with Gasteiger partial charge in [0.1, 0.15) is 0 Å². The number of ether oxygens (including phenoxy) is 1. The second-order valence-electron chi connectivity index (χ2n) is 6.23. The molecular weight excluding hydrogens is 260 g/mol. The van der Waals surface area contributed by atoms with Gasteiger partial charge in [0.25, 0.3) is 0 Å². The molecule has 0 radical (unpaired) electrons. The molecule has 1 fully saturated rings. The lowest BCUT2D eigenvalue weighted by atomic mass is 10.0. The molecule has 118 valence electrons. The second kappa shape index (κ2) is 8.52. The average molecular weight is 290 g/mol. The van der Waals surface area contributed by atoms with E-state index in [1.165, 1.54) is 30.4 Å². The number of rotatable bonds is 7. The van der Waals surface area contributed by atoms with Crippen LogP contribution in [0.15, 0.2) is 24.3 Å². The summed E-state index contributed by atoms with van der Waals surface area (Å²) >= 11 is 0. The Labute approximate surface area is 129 Å². The summed E-state index contributed by atoms with van der Waals surface area (Å²) in [5.41, 5.74) is 2.69. The number of hydrogen-bond donors (Lipinski definition) is 1. The Morgan fingerprint density at radius 1 is 1.29 bits per heavy atom. The summed E-state index contributed by atoms with van der Waals surface area (Å²) in [7, 11) is 2.20. The third-order valence-corrected chi connectivity index (χ3v) is 4.21. The van der Waals surface area contributed by atoms with Crippen molar-refractivity contribution >= 4 is 0 Å². The monoisotopic (exact) mass is 290 g/mol. The average Bonchev–Trinajstić information content (AvgIpc) is 2.48. The molecule has 0 bridgehead atoms. The Kier molecular flexibility index (Phi) is 6.68. The molecule has 0 aromatic heterocycles. The van der Waals surface area contributed by atoms with Crippen LogP contribution in [0.1, 0.15) is 43.4 Å². The van der Waals surface area contributed by atoms with Gasteiger partial charge in [-0.05, 0) is 45.3 Å². The maximum Gasteiger partial charge on any atom is 0.0701 e. The summed E-state index contributed by atoms with van der Waals surface area (Å²) in [6, 6.07) is 9.28. The molecule has 1 heterocycles. The molecule has 0 spiro atoms. The van der Waals surface area contributed by atoms with E-state index < -0.39 is 0 Å². The van der Waals surface area contributed by atoms with Crippen LogP contribution in [0.5, 0.6) is 0 Å². The van der Waals surface area contributed by atoms with Crippen LogP contribution in [-0.4, -0.2) is 44.3 Å². The molecule has 2 rings (SSSR count). The smallest absolute Gasteiger partial charge is 0.0701 e. The molecule has 1 N–H and O–H groups in total. The minimum absolute atomic E-state index is 0.393. The van der Waals surface area contributed by atoms with Crippen LogP contribution in [0.25, 0.3) is 0 Å². The highest BCUT2D eigenvalue weighted by atomic mass is 16.5. The Bertz CT molecular complexity index is 398. The van der Waals surface area contributed by atoms with Crippen LogP contribution in [0.2, 0.25) is 0 Å². The van der Waals surface area contributed by atoms with E-state index >= 15 is 0 Å². The first-order valence-corrected chi connectivity index (χ1v) is 8.29. The van der Waals surface area contributed by atoms with Gasteiger partial charge in [-0.2, -0.15) is 0 Å². The Balaban J connectivity index is 1.90. The first-order chi connectivity index (χ1) is 10.2. The van der Waals surface area contributed by atoms with Crippen LogP contribution >= 0.6 is 0 Å². The van der Waals surface area contributed by atoms with Gasteiger partial charge in [-0.1, -0.05) is 36.8 Å². The molecule has 21 heavy (non-hydrogen) atoms. The van der Waals surface area contributed by atoms with Crippen LogP contribution in [0, 0.1) is 6.92 Å². The van der Waals surface area contributed by atoms with E-state index in [1.54, 1.807) is 0 Å². The van der Waals surface area contributed by atoms with E-state index in [0.29, 0.717) is 12.1 Å². The molecule has 0 aliphatic carbocycles. The zero-order valence-electron chi connectivity index (χ0n) is 13.8. The molecule has 2 unspecified atom stereocenters. The number of aryl methyl sites for hydroxylation is 1. The third kappa shape index (κ3) is 5.42. The van der Waals surface area contributed by atoms with Crippen LogP contribution in [-0.2, 0) is 4.74 Å². The number of benzene rings is 1. The summed E-state index contributed by atoms with van der Waals surface area (Å²) in [6.07, 6.45) is 4.17. The van der Waals surface area contributed by atoms with Crippen molar-refractivity contribution in [3.63, 3.8) is 0 Å². The number of nitrogens with zero attached hydrogens (tertiary/aromatic N) is 1. The van der Waals surface area contributed by atoms with E-state index in [1.807, 2.05) is 0 Å². The number of likely N-dealkylation sites (N-methyl/N-ethyl adjacent to an activating group) is 2. The van der Waals surface area contributed by atoms with Crippen molar-refractivity contribution in [3.8, 4) is 0 Å². The molecule has 1 saturated heterocycles. The highest BCUT2D eigenvalue weighted by Crippen LogP contribution is 2.17. The lowest BCUT2D eigenvalue weighted by Gasteiger charge is -2.30. The van der Waals surface area contributed by atoms with E-state index in [4.69, 9.17) is 4.74 Å². The SMILES string of the molecule is CCNC(CN(C)CC1CCCCO1)c1ccc(C)cc1. The topological polar surface area (TPSA) is 24.5 Å². The second-order valence-corrected chi connectivity index (χ2v) is 6.23. The fourth-order valence-electron chi connectivity index (χ4n) is 3.02. The minimum atomic E-state index is 0.393. The fourth-order valence-corrected chi connectivity index (χ4v) is 3.02. The summed E-state index contributed by atoms with van der Waals surface area (Å²) in [6.45, 7) is 8.30. The van der Waals surface area contributed by atoms with E-state index in [9.17, 15) is 0 Å². The molecule has 1 aliphatic rings. The number of hydrogen-bond acceptors (Lipinski definition) is 3.